The molecule has 5 heteroatoms. The van der Waals surface area contributed by atoms with E-state index < -0.39 is 10.8 Å². The van der Waals surface area contributed by atoms with Crippen molar-refractivity contribution >= 4 is 16.7 Å². The number of aliphatic imine (C=N–C) groups is 1. The quantitative estimate of drug-likeness (QED) is 0.917. The zero-order chi connectivity index (χ0) is 16.2. The molecule has 0 spiro atoms. The third kappa shape index (κ3) is 3.68. The van der Waals surface area contributed by atoms with Gasteiger partial charge >= 0.3 is 0 Å². The number of hydrogen-bond donors (Lipinski definition) is 1. The Kier molecular flexibility index (Phi) is 4.88. The zero-order valence-electron chi connectivity index (χ0n) is 12.9. The van der Waals surface area contributed by atoms with Gasteiger partial charge in [0.25, 0.3) is 0 Å². The van der Waals surface area contributed by atoms with E-state index in [1.807, 2.05) is 61.5 Å². The van der Waals surface area contributed by atoms with Crippen molar-refractivity contribution in [3.05, 3.63) is 65.7 Å². The Hall–Kier alpha value is -1.98. The first kappa shape index (κ1) is 15.9. The summed E-state index contributed by atoms with van der Waals surface area (Å²) in [5, 5.41) is 9.53. The van der Waals surface area contributed by atoms with Gasteiger partial charge in [0.1, 0.15) is 17.9 Å². The fraction of sp³-hybridized carbons (Fsp3) is 0.278. The van der Waals surface area contributed by atoms with Gasteiger partial charge in [0.2, 0.25) is 0 Å². The van der Waals surface area contributed by atoms with E-state index in [4.69, 9.17) is 4.74 Å². The normalized spacial score (nSPS) is 21.6. The maximum absolute atomic E-state index is 12.4. The zero-order valence-corrected chi connectivity index (χ0v) is 13.7. The van der Waals surface area contributed by atoms with Crippen LogP contribution in [0.3, 0.4) is 0 Å². The molecule has 1 aliphatic rings. The SMILES string of the molecule is Cc1ccc(S(=O)CC2=N[C@@H](CO)[C@H](c3ccccc3)O2)cc1. The van der Waals surface area contributed by atoms with Gasteiger partial charge in [-0.3, -0.25) is 4.21 Å². The highest BCUT2D eigenvalue weighted by Gasteiger charge is 2.32. The summed E-state index contributed by atoms with van der Waals surface area (Å²) in [6.07, 6.45) is -0.314. The molecule has 0 aromatic heterocycles. The lowest BCUT2D eigenvalue weighted by atomic mass is 10.0. The van der Waals surface area contributed by atoms with Crippen LogP contribution in [0.2, 0.25) is 0 Å². The summed E-state index contributed by atoms with van der Waals surface area (Å²) in [5.41, 5.74) is 2.09. The minimum atomic E-state index is -1.21. The highest BCUT2D eigenvalue weighted by molar-refractivity contribution is 7.85. The van der Waals surface area contributed by atoms with Crippen molar-refractivity contribution in [3.8, 4) is 0 Å². The first-order valence-corrected chi connectivity index (χ1v) is 8.83. The van der Waals surface area contributed by atoms with Gasteiger partial charge in [-0.2, -0.15) is 0 Å². The number of ether oxygens (including phenoxy) is 1. The lowest BCUT2D eigenvalue weighted by molar-refractivity contribution is 0.151. The van der Waals surface area contributed by atoms with Gasteiger partial charge in [-0.25, -0.2) is 4.99 Å². The molecule has 23 heavy (non-hydrogen) atoms. The van der Waals surface area contributed by atoms with Gasteiger partial charge in [-0.05, 0) is 24.6 Å². The highest BCUT2D eigenvalue weighted by atomic mass is 32.2. The minimum absolute atomic E-state index is 0.0970. The predicted octanol–water partition coefficient (Wildman–Crippen LogP) is 2.63. The second-order valence-corrected chi connectivity index (χ2v) is 6.98. The van der Waals surface area contributed by atoms with Gasteiger partial charge in [0.15, 0.2) is 5.90 Å². The number of hydrogen-bond acceptors (Lipinski definition) is 4. The number of nitrogens with zero attached hydrogens (tertiary/aromatic N) is 1. The molecule has 0 aliphatic carbocycles. The van der Waals surface area contributed by atoms with Crippen LogP contribution in [-0.2, 0) is 15.5 Å². The first-order valence-electron chi connectivity index (χ1n) is 7.51. The summed E-state index contributed by atoms with van der Waals surface area (Å²) >= 11 is 0. The Bertz CT molecular complexity index is 713. The third-order valence-electron chi connectivity index (χ3n) is 3.78. The van der Waals surface area contributed by atoms with Crippen molar-refractivity contribution < 1.29 is 14.1 Å². The first-order chi connectivity index (χ1) is 11.2. The van der Waals surface area contributed by atoms with E-state index in [1.54, 1.807) is 0 Å². The van der Waals surface area contributed by atoms with E-state index in [9.17, 15) is 9.32 Å². The van der Waals surface area contributed by atoms with E-state index in [0.29, 0.717) is 5.90 Å². The molecule has 3 atom stereocenters. The number of rotatable bonds is 5. The van der Waals surface area contributed by atoms with E-state index in [0.717, 1.165) is 16.0 Å². The van der Waals surface area contributed by atoms with Crippen LogP contribution < -0.4 is 0 Å². The molecule has 1 aliphatic heterocycles. The standard InChI is InChI=1S/C18H19NO3S/c1-13-7-9-15(10-8-13)23(21)12-17-19-16(11-20)18(22-17)14-5-3-2-4-6-14/h2-10,16,18,20H,11-12H2,1H3/t16-,18-,23?/m0/s1. The molecule has 0 fully saturated rings. The average Bonchev–Trinajstić information content (AvgIpc) is 2.99. The molecule has 0 saturated heterocycles. The molecule has 1 unspecified atom stereocenters. The fourth-order valence-electron chi connectivity index (χ4n) is 2.53. The lowest BCUT2D eigenvalue weighted by Crippen LogP contribution is -2.18. The molecule has 3 rings (SSSR count). The van der Waals surface area contributed by atoms with Crippen molar-refractivity contribution in [2.75, 3.05) is 12.4 Å². The van der Waals surface area contributed by atoms with Crippen LogP contribution in [0.4, 0.5) is 0 Å². The molecular weight excluding hydrogens is 310 g/mol. The second-order valence-electron chi connectivity index (χ2n) is 5.52. The summed E-state index contributed by atoms with van der Waals surface area (Å²) in [7, 11) is -1.21. The van der Waals surface area contributed by atoms with Gasteiger partial charge in [0.05, 0.1) is 17.4 Å². The van der Waals surface area contributed by atoms with Crippen LogP contribution in [0.25, 0.3) is 0 Å². The molecule has 0 saturated carbocycles. The highest BCUT2D eigenvalue weighted by Crippen LogP contribution is 2.29. The third-order valence-corrected chi connectivity index (χ3v) is 5.08. The lowest BCUT2D eigenvalue weighted by Gasteiger charge is -2.16. The van der Waals surface area contributed by atoms with Gasteiger partial charge in [-0.15, -0.1) is 0 Å². The maximum atomic E-state index is 12.4. The van der Waals surface area contributed by atoms with Crippen LogP contribution in [-0.4, -0.2) is 33.6 Å². The Morgan fingerprint density at radius 2 is 1.83 bits per heavy atom. The molecule has 120 valence electrons. The van der Waals surface area contributed by atoms with E-state index >= 15 is 0 Å². The summed E-state index contributed by atoms with van der Waals surface area (Å²) in [5.74, 6) is 0.667. The Labute approximate surface area is 138 Å². The summed E-state index contributed by atoms with van der Waals surface area (Å²) in [6.45, 7) is 1.90. The molecule has 1 heterocycles. The number of aliphatic hydroxyl groups is 1. The monoisotopic (exact) mass is 329 g/mol. The number of benzene rings is 2. The van der Waals surface area contributed by atoms with E-state index in [-0.39, 0.29) is 24.5 Å². The molecule has 0 radical (unpaired) electrons. The Morgan fingerprint density at radius 3 is 2.48 bits per heavy atom. The number of aryl methyl sites for hydroxylation is 1. The minimum Gasteiger partial charge on any atom is -0.470 e. The molecule has 0 amide bonds. The van der Waals surface area contributed by atoms with Crippen LogP contribution in [0, 0.1) is 6.92 Å². The Balaban J connectivity index is 1.71. The smallest absolute Gasteiger partial charge is 0.197 e. The second kappa shape index (κ2) is 7.06. The maximum Gasteiger partial charge on any atom is 0.197 e. The van der Waals surface area contributed by atoms with Gasteiger partial charge in [-0.1, -0.05) is 48.0 Å². The van der Waals surface area contributed by atoms with Crippen molar-refractivity contribution in [2.24, 2.45) is 4.99 Å². The average molecular weight is 329 g/mol. The summed E-state index contributed by atoms with van der Waals surface area (Å²) < 4.78 is 18.3. The van der Waals surface area contributed by atoms with Gasteiger partial charge in [0, 0.05) is 4.90 Å². The summed E-state index contributed by atoms with van der Waals surface area (Å²) in [6, 6.07) is 16.9. The van der Waals surface area contributed by atoms with Gasteiger partial charge < -0.3 is 9.84 Å². The van der Waals surface area contributed by atoms with Crippen molar-refractivity contribution in [1.82, 2.24) is 0 Å². The van der Waals surface area contributed by atoms with Crippen molar-refractivity contribution in [3.63, 3.8) is 0 Å². The van der Waals surface area contributed by atoms with Crippen molar-refractivity contribution in [2.45, 2.75) is 24.0 Å². The topological polar surface area (TPSA) is 58.9 Å². The largest absolute Gasteiger partial charge is 0.470 e. The summed E-state index contributed by atoms with van der Waals surface area (Å²) in [4.78, 5) is 5.15. The van der Waals surface area contributed by atoms with Crippen LogP contribution in [0.15, 0.2) is 64.5 Å². The molecule has 2 aromatic rings. The molecule has 1 N–H and O–H groups in total. The Morgan fingerprint density at radius 1 is 1.13 bits per heavy atom. The van der Waals surface area contributed by atoms with Crippen LogP contribution in [0.5, 0.6) is 0 Å². The molecule has 4 nitrogen and oxygen atoms in total. The number of aliphatic hydroxyl groups excluding tert-OH is 1. The molecular formula is C18H19NO3S. The molecule has 2 aromatic carbocycles. The fourth-order valence-corrected chi connectivity index (χ4v) is 3.51. The molecule has 0 bridgehead atoms. The van der Waals surface area contributed by atoms with Crippen LogP contribution in [0.1, 0.15) is 17.2 Å². The predicted molar refractivity (Wildman–Crippen MR) is 91.0 cm³/mol. The van der Waals surface area contributed by atoms with Crippen molar-refractivity contribution in [1.29, 1.82) is 0 Å². The van der Waals surface area contributed by atoms with E-state index in [1.165, 1.54) is 0 Å². The van der Waals surface area contributed by atoms with Crippen LogP contribution >= 0.6 is 0 Å². The van der Waals surface area contributed by atoms with E-state index in [2.05, 4.69) is 4.99 Å².